The number of ether oxygens (including phenoxy) is 4. The summed E-state index contributed by atoms with van der Waals surface area (Å²) in [6, 6.07) is 14.9. The predicted octanol–water partition coefficient (Wildman–Crippen LogP) is 4.40. The second-order valence-corrected chi connectivity index (χ2v) is 12.0. The van der Waals surface area contributed by atoms with E-state index >= 15 is 0 Å². The van der Waals surface area contributed by atoms with Crippen LogP contribution in [0.4, 0.5) is 10.5 Å². The third-order valence-electron chi connectivity index (χ3n) is 7.97. The van der Waals surface area contributed by atoms with E-state index in [-0.39, 0.29) is 29.6 Å². The van der Waals surface area contributed by atoms with Gasteiger partial charge in [-0.15, -0.1) is 0 Å². The van der Waals surface area contributed by atoms with Crippen molar-refractivity contribution in [2.45, 2.75) is 63.3 Å². The molecule has 9 heteroatoms. The van der Waals surface area contributed by atoms with Crippen molar-refractivity contribution in [3.8, 4) is 11.5 Å². The summed E-state index contributed by atoms with van der Waals surface area (Å²) in [4.78, 5) is 16.3. The number of carbonyl (C=O) groups is 1. The first-order valence-electron chi connectivity index (χ1n) is 14.7. The third kappa shape index (κ3) is 8.50. The molecular formula is C32H48N4O5. The maximum atomic E-state index is 12.3. The van der Waals surface area contributed by atoms with Gasteiger partial charge in [-0.2, -0.15) is 0 Å². The number of urea groups is 1. The van der Waals surface area contributed by atoms with Gasteiger partial charge in [-0.3, -0.25) is 0 Å². The van der Waals surface area contributed by atoms with Gasteiger partial charge in [0.15, 0.2) is 0 Å². The Balaban J connectivity index is 1.46. The number of hydrogen-bond acceptors (Lipinski definition) is 7. The van der Waals surface area contributed by atoms with Crippen LogP contribution in [0.2, 0.25) is 0 Å². The average molecular weight is 569 g/mol. The van der Waals surface area contributed by atoms with Crippen molar-refractivity contribution in [1.82, 2.24) is 15.5 Å². The van der Waals surface area contributed by atoms with Gasteiger partial charge in [0.1, 0.15) is 18.1 Å². The second kappa shape index (κ2) is 14.2. The average Bonchev–Trinajstić information content (AvgIpc) is 2.96. The summed E-state index contributed by atoms with van der Waals surface area (Å²) >= 11 is 0. The van der Waals surface area contributed by atoms with E-state index in [0.29, 0.717) is 13.2 Å². The van der Waals surface area contributed by atoms with Crippen molar-refractivity contribution in [1.29, 1.82) is 0 Å². The molecule has 9 nitrogen and oxygen atoms in total. The van der Waals surface area contributed by atoms with E-state index in [1.54, 1.807) is 33.2 Å². The number of nitrogens with zero attached hydrogens (tertiary/aromatic N) is 2. The molecule has 1 saturated heterocycles. The fraction of sp³-hybridized carbons (Fsp3) is 0.594. The Kier molecular flexibility index (Phi) is 10.8. The van der Waals surface area contributed by atoms with Gasteiger partial charge in [0.25, 0.3) is 0 Å². The number of nitrogens with one attached hydrogen (secondary N) is 2. The van der Waals surface area contributed by atoms with Crippen LogP contribution < -0.4 is 25.0 Å². The molecule has 0 saturated carbocycles. The maximum Gasteiger partial charge on any atom is 0.317 e. The molecular weight excluding hydrogens is 520 g/mol. The number of hydrogen-bond donors (Lipinski definition) is 2. The van der Waals surface area contributed by atoms with Crippen LogP contribution in [0.5, 0.6) is 11.5 Å². The molecule has 2 heterocycles. The summed E-state index contributed by atoms with van der Waals surface area (Å²) in [5.41, 5.74) is 3.15. The zero-order valence-corrected chi connectivity index (χ0v) is 25.6. The van der Waals surface area contributed by atoms with Crippen LogP contribution in [0, 0.1) is 0 Å². The van der Waals surface area contributed by atoms with Gasteiger partial charge in [-0.25, -0.2) is 4.79 Å². The highest BCUT2D eigenvalue weighted by Crippen LogP contribution is 2.36. The van der Waals surface area contributed by atoms with Crippen LogP contribution in [-0.4, -0.2) is 89.8 Å². The van der Waals surface area contributed by atoms with Crippen LogP contribution in [0.3, 0.4) is 0 Å². The fourth-order valence-corrected chi connectivity index (χ4v) is 5.81. The topological polar surface area (TPSA) is 84.5 Å². The lowest BCUT2D eigenvalue weighted by molar-refractivity contribution is 0.000567. The molecule has 3 atom stereocenters. The van der Waals surface area contributed by atoms with Gasteiger partial charge in [0, 0.05) is 58.4 Å². The standard InChI is InChI=1S/C32H48N4O5/c1-32(2,34-31(37)35(3)4)20-25-19-27(24-9-11-26(39-6)12-10-24)30(21-33-25)41-22-23-8-13-29-28(18-23)36(15-17-40-29)14-7-16-38-5/h8-13,18,25,27,30,33H,7,14-17,19-22H2,1-6H3,(H,34,37)/t25-,27?,30-/m0/s1. The summed E-state index contributed by atoms with van der Waals surface area (Å²) in [5.74, 6) is 1.98. The van der Waals surface area contributed by atoms with Gasteiger partial charge in [-0.05, 0) is 68.5 Å². The van der Waals surface area contributed by atoms with Gasteiger partial charge < -0.3 is 39.4 Å². The number of rotatable bonds is 12. The SMILES string of the molecule is COCCCN1CCOc2ccc(CO[C@H]3CN[C@H](CC(C)(C)NC(=O)N(C)C)CC3c3ccc(OC)cc3)cc21. The predicted molar refractivity (Wildman–Crippen MR) is 162 cm³/mol. The van der Waals surface area contributed by atoms with Gasteiger partial charge in [0.05, 0.1) is 32.1 Å². The number of anilines is 1. The summed E-state index contributed by atoms with van der Waals surface area (Å²) in [6.07, 6.45) is 2.70. The first-order chi connectivity index (χ1) is 19.7. The molecule has 41 heavy (non-hydrogen) atoms. The zero-order valence-electron chi connectivity index (χ0n) is 25.6. The molecule has 0 aliphatic carbocycles. The lowest BCUT2D eigenvalue weighted by atomic mass is 9.80. The summed E-state index contributed by atoms with van der Waals surface area (Å²) in [6.45, 7) is 8.68. The normalized spacial score (nSPS) is 20.6. The van der Waals surface area contributed by atoms with Crippen molar-refractivity contribution in [2.75, 3.05) is 66.1 Å². The summed E-state index contributed by atoms with van der Waals surface area (Å²) in [5, 5.41) is 6.87. The van der Waals surface area contributed by atoms with E-state index in [9.17, 15) is 4.79 Å². The Hall–Kier alpha value is -3.01. The zero-order chi connectivity index (χ0) is 29.4. The molecule has 2 amide bonds. The van der Waals surface area contributed by atoms with E-state index in [1.165, 1.54) is 5.56 Å². The molecule has 0 aromatic heterocycles. The van der Waals surface area contributed by atoms with Crippen molar-refractivity contribution < 1.29 is 23.7 Å². The molecule has 226 valence electrons. The monoisotopic (exact) mass is 568 g/mol. The molecule has 2 aromatic carbocycles. The lowest BCUT2D eigenvalue weighted by Gasteiger charge is -2.40. The molecule has 2 aliphatic rings. The Morgan fingerprint density at radius 3 is 2.66 bits per heavy atom. The Morgan fingerprint density at radius 1 is 1.17 bits per heavy atom. The lowest BCUT2D eigenvalue weighted by Crippen LogP contribution is -2.54. The van der Waals surface area contributed by atoms with Crippen LogP contribution in [-0.2, 0) is 16.1 Å². The van der Waals surface area contributed by atoms with E-state index in [4.69, 9.17) is 18.9 Å². The molecule has 2 aromatic rings. The minimum atomic E-state index is -0.350. The fourth-order valence-electron chi connectivity index (χ4n) is 5.81. The number of carbonyl (C=O) groups excluding carboxylic acids is 1. The maximum absolute atomic E-state index is 12.3. The minimum Gasteiger partial charge on any atom is -0.497 e. The van der Waals surface area contributed by atoms with Gasteiger partial charge >= 0.3 is 6.03 Å². The Morgan fingerprint density at radius 2 is 1.95 bits per heavy atom. The molecule has 1 fully saturated rings. The first kappa shape index (κ1) is 30.9. The van der Waals surface area contributed by atoms with Crippen molar-refractivity contribution >= 4 is 11.7 Å². The van der Waals surface area contributed by atoms with E-state index in [2.05, 4.69) is 59.7 Å². The highest BCUT2D eigenvalue weighted by atomic mass is 16.5. The number of amides is 2. The smallest absolute Gasteiger partial charge is 0.317 e. The van der Waals surface area contributed by atoms with E-state index < -0.39 is 0 Å². The second-order valence-electron chi connectivity index (χ2n) is 12.0. The van der Waals surface area contributed by atoms with Crippen molar-refractivity contribution in [2.24, 2.45) is 0 Å². The molecule has 0 bridgehead atoms. The molecule has 0 spiro atoms. The molecule has 0 radical (unpaired) electrons. The molecule has 1 unspecified atom stereocenters. The highest BCUT2D eigenvalue weighted by Gasteiger charge is 2.35. The van der Waals surface area contributed by atoms with E-state index in [0.717, 1.165) is 68.3 Å². The number of benzene rings is 2. The van der Waals surface area contributed by atoms with E-state index in [1.807, 2.05) is 12.1 Å². The summed E-state index contributed by atoms with van der Waals surface area (Å²) < 4.78 is 23.2. The van der Waals surface area contributed by atoms with Gasteiger partial charge in [0.2, 0.25) is 0 Å². The van der Waals surface area contributed by atoms with Crippen LogP contribution >= 0.6 is 0 Å². The number of piperidine rings is 1. The quantitative estimate of drug-likeness (QED) is 0.367. The first-order valence-corrected chi connectivity index (χ1v) is 14.7. The molecule has 4 rings (SSSR count). The van der Waals surface area contributed by atoms with Crippen LogP contribution in [0.25, 0.3) is 0 Å². The minimum absolute atomic E-state index is 0.00390. The largest absolute Gasteiger partial charge is 0.497 e. The number of methoxy groups -OCH3 is 2. The molecule has 2 N–H and O–H groups in total. The Bertz CT molecular complexity index is 1120. The van der Waals surface area contributed by atoms with Crippen LogP contribution in [0.1, 0.15) is 50.2 Å². The summed E-state index contributed by atoms with van der Waals surface area (Å²) in [7, 11) is 6.96. The highest BCUT2D eigenvalue weighted by molar-refractivity contribution is 5.74. The van der Waals surface area contributed by atoms with Crippen molar-refractivity contribution in [3.63, 3.8) is 0 Å². The van der Waals surface area contributed by atoms with Crippen molar-refractivity contribution in [3.05, 3.63) is 53.6 Å². The van der Waals surface area contributed by atoms with Gasteiger partial charge in [-0.1, -0.05) is 18.2 Å². The van der Waals surface area contributed by atoms with Crippen LogP contribution in [0.15, 0.2) is 42.5 Å². The number of fused-ring (bicyclic) bond motifs is 1. The Labute approximate surface area is 245 Å². The molecule has 2 aliphatic heterocycles. The third-order valence-corrected chi connectivity index (χ3v) is 7.97.